The highest BCUT2D eigenvalue weighted by Crippen LogP contribution is 2.33. The van der Waals surface area contributed by atoms with Gasteiger partial charge in [0, 0.05) is 25.2 Å². The highest BCUT2D eigenvalue weighted by molar-refractivity contribution is 7.89. The number of methoxy groups -OCH3 is 1. The van der Waals surface area contributed by atoms with Crippen molar-refractivity contribution in [1.82, 2.24) is 9.62 Å². The lowest BCUT2D eigenvalue weighted by molar-refractivity contribution is 0.264. The Morgan fingerprint density at radius 3 is 2.56 bits per heavy atom. The average Bonchev–Trinajstić information content (AvgIpc) is 2.68. The molecule has 1 unspecified atom stereocenters. The van der Waals surface area contributed by atoms with Gasteiger partial charge in [0.2, 0.25) is 10.0 Å². The third-order valence-corrected chi connectivity index (χ3v) is 6.55. The molecule has 0 aromatic heterocycles. The van der Waals surface area contributed by atoms with Crippen molar-refractivity contribution in [2.75, 3.05) is 26.7 Å². The Morgan fingerprint density at radius 1 is 1.16 bits per heavy atom. The molecular weight excluding hydrogens is 336 g/mol. The first-order chi connectivity index (χ1) is 12.1. The van der Waals surface area contributed by atoms with Crippen molar-refractivity contribution in [3.8, 4) is 5.75 Å². The van der Waals surface area contributed by atoms with Crippen molar-refractivity contribution in [1.29, 1.82) is 0 Å². The highest BCUT2D eigenvalue weighted by atomic mass is 32.2. The van der Waals surface area contributed by atoms with Crippen molar-refractivity contribution in [3.05, 3.63) is 59.7 Å². The lowest BCUT2D eigenvalue weighted by atomic mass is 10.0. The van der Waals surface area contributed by atoms with Crippen LogP contribution in [0.25, 0.3) is 0 Å². The molecule has 25 heavy (non-hydrogen) atoms. The van der Waals surface area contributed by atoms with Gasteiger partial charge in [0.1, 0.15) is 5.75 Å². The molecule has 0 spiro atoms. The standard InChI is InChI=1S/C19H24N2O3S/c1-3-15-8-10-16(11-9-15)25(22,23)21-13-12-20-14-18(21)17-6-4-5-7-19(17)24-2/h4-11,18,20H,3,12-14H2,1-2H3. The van der Waals surface area contributed by atoms with Crippen LogP contribution in [0.2, 0.25) is 0 Å². The van der Waals surface area contributed by atoms with Gasteiger partial charge in [0.25, 0.3) is 0 Å². The number of piperazine rings is 1. The molecule has 1 aliphatic heterocycles. The number of rotatable bonds is 5. The van der Waals surface area contributed by atoms with E-state index in [4.69, 9.17) is 4.74 Å². The van der Waals surface area contributed by atoms with Gasteiger partial charge >= 0.3 is 0 Å². The van der Waals surface area contributed by atoms with E-state index in [1.54, 1.807) is 23.5 Å². The van der Waals surface area contributed by atoms with Crippen LogP contribution < -0.4 is 10.1 Å². The predicted octanol–water partition coefficient (Wildman–Crippen LogP) is 2.59. The van der Waals surface area contributed by atoms with Crippen LogP contribution in [0.15, 0.2) is 53.4 Å². The number of nitrogens with zero attached hydrogens (tertiary/aromatic N) is 1. The topological polar surface area (TPSA) is 58.6 Å². The normalized spacial score (nSPS) is 18.9. The fourth-order valence-corrected chi connectivity index (χ4v) is 4.82. The van der Waals surface area contributed by atoms with E-state index in [0.29, 0.717) is 30.3 Å². The summed E-state index contributed by atoms with van der Waals surface area (Å²) in [5.74, 6) is 0.706. The molecule has 1 atom stereocenters. The number of ether oxygens (including phenoxy) is 1. The smallest absolute Gasteiger partial charge is 0.243 e. The second-order valence-corrected chi connectivity index (χ2v) is 7.97. The summed E-state index contributed by atoms with van der Waals surface area (Å²) in [6.45, 7) is 3.68. The molecule has 1 aliphatic rings. The lowest BCUT2D eigenvalue weighted by Gasteiger charge is -2.36. The Balaban J connectivity index is 1.99. The molecule has 2 aromatic rings. The first-order valence-electron chi connectivity index (χ1n) is 8.52. The Kier molecular flexibility index (Phi) is 5.42. The third-order valence-electron chi connectivity index (χ3n) is 4.63. The molecule has 1 fully saturated rings. The quantitative estimate of drug-likeness (QED) is 0.890. The number of para-hydroxylation sites is 1. The van der Waals surface area contributed by atoms with Crippen LogP contribution in [0.4, 0.5) is 0 Å². The fourth-order valence-electron chi connectivity index (χ4n) is 3.21. The van der Waals surface area contributed by atoms with Crippen molar-refractivity contribution >= 4 is 10.0 Å². The zero-order chi connectivity index (χ0) is 17.9. The molecule has 0 amide bonds. The number of sulfonamides is 1. The van der Waals surface area contributed by atoms with Crippen molar-refractivity contribution in [3.63, 3.8) is 0 Å². The van der Waals surface area contributed by atoms with Gasteiger partial charge in [-0.25, -0.2) is 8.42 Å². The maximum atomic E-state index is 13.2. The molecule has 5 nitrogen and oxygen atoms in total. The summed E-state index contributed by atoms with van der Waals surface area (Å²) < 4.78 is 33.5. The molecule has 6 heteroatoms. The Labute approximate surface area is 149 Å². The van der Waals surface area contributed by atoms with E-state index in [0.717, 1.165) is 17.5 Å². The monoisotopic (exact) mass is 360 g/mol. The summed E-state index contributed by atoms with van der Waals surface area (Å²) in [4.78, 5) is 0.339. The molecule has 0 aliphatic carbocycles. The van der Waals surface area contributed by atoms with Gasteiger partial charge in [-0.05, 0) is 30.2 Å². The summed E-state index contributed by atoms with van der Waals surface area (Å²) in [5, 5.41) is 3.29. The molecule has 0 radical (unpaired) electrons. The number of benzene rings is 2. The van der Waals surface area contributed by atoms with Crippen LogP contribution in [0, 0.1) is 0 Å². The maximum absolute atomic E-state index is 13.2. The van der Waals surface area contributed by atoms with Gasteiger partial charge in [-0.2, -0.15) is 4.31 Å². The zero-order valence-electron chi connectivity index (χ0n) is 14.6. The summed E-state index contributed by atoms with van der Waals surface area (Å²) in [7, 11) is -1.96. The first kappa shape index (κ1) is 17.9. The minimum absolute atomic E-state index is 0.291. The molecule has 134 valence electrons. The van der Waals surface area contributed by atoms with Crippen molar-refractivity contribution in [2.24, 2.45) is 0 Å². The highest BCUT2D eigenvalue weighted by Gasteiger charge is 2.35. The van der Waals surface area contributed by atoms with Gasteiger partial charge in [0.15, 0.2) is 0 Å². The summed E-state index contributed by atoms with van der Waals surface area (Å²) in [6.07, 6.45) is 0.887. The number of hydrogen-bond donors (Lipinski definition) is 1. The van der Waals surface area contributed by atoms with E-state index in [-0.39, 0.29) is 6.04 Å². The molecule has 1 heterocycles. The maximum Gasteiger partial charge on any atom is 0.243 e. The molecule has 0 saturated carbocycles. The van der Waals surface area contributed by atoms with Crippen LogP contribution in [0.5, 0.6) is 5.75 Å². The second-order valence-electron chi connectivity index (χ2n) is 6.08. The van der Waals surface area contributed by atoms with E-state index in [9.17, 15) is 8.42 Å². The number of nitrogens with one attached hydrogen (secondary N) is 1. The minimum Gasteiger partial charge on any atom is -0.496 e. The van der Waals surface area contributed by atoms with E-state index >= 15 is 0 Å². The van der Waals surface area contributed by atoms with E-state index in [1.807, 2.05) is 36.4 Å². The lowest BCUT2D eigenvalue weighted by Crippen LogP contribution is -2.48. The van der Waals surface area contributed by atoms with Gasteiger partial charge in [-0.3, -0.25) is 0 Å². The molecule has 1 N–H and O–H groups in total. The molecule has 2 aromatic carbocycles. The fraction of sp³-hybridized carbons (Fsp3) is 0.368. The minimum atomic E-state index is -3.57. The summed E-state index contributed by atoms with van der Waals surface area (Å²) in [5.41, 5.74) is 2.01. The second kappa shape index (κ2) is 7.56. The zero-order valence-corrected chi connectivity index (χ0v) is 15.4. The van der Waals surface area contributed by atoms with Crippen LogP contribution >= 0.6 is 0 Å². The molecule has 3 rings (SSSR count). The van der Waals surface area contributed by atoms with Crippen LogP contribution in [0.1, 0.15) is 24.1 Å². The molecular formula is C19H24N2O3S. The van der Waals surface area contributed by atoms with Crippen molar-refractivity contribution < 1.29 is 13.2 Å². The van der Waals surface area contributed by atoms with Gasteiger partial charge < -0.3 is 10.1 Å². The van der Waals surface area contributed by atoms with Gasteiger partial charge in [0.05, 0.1) is 18.0 Å². The van der Waals surface area contributed by atoms with E-state index in [1.165, 1.54) is 0 Å². The summed E-state index contributed by atoms with van der Waals surface area (Å²) >= 11 is 0. The summed E-state index contributed by atoms with van der Waals surface area (Å²) in [6, 6.07) is 14.5. The molecule has 0 bridgehead atoms. The molecule has 1 saturated heterocycles. The SMILES string of the molecule is CCc1ccc(S(=O)(=O)N2CCNCC2c2ccccc2OC)cc1. The van der Waals surface area contributed by atoms with Crippen LogP contribution in [0.3, 0.4) is 0 Å². The largest absolute Gasteiger partial charge is 0.496 e. The van der Waals surface area contributed by atoms with Crippen LogP contribution in [-0.4, -0.2) is 39.5 Å². The van der Waals surface area contributed by atoms with Gasteiger partial charge in [-0.15, -0.1) is 0 Å². The Bertz CT molecular complexity index is 819. The van der Waals surface area contributed by atoms with Crippen LogP contribution in [-0.2, 0) is 16.4 Å². The van der Waals surface area contributed by atoms with Crippen molar-refractivity contribution in [2.45, 2.75) is 24.3 Å². The average molecular weight is 360 g/mol. The number of hydrogen-bond acceptors (Lipinski definition) is 4. The number of aryl methyl sites for hydroxylation is 1. The first-order valence-corrected chi connectivity index (χ1v) is 9.96. The van der Waals surface area contributed by atoms with E-state index in [2.05, 4.69) is 12.2 Å². The Morgan fingerprint density at radius 2 is 1.88 bits per heavy atom. The van der Waals surface area contributed by atoms with E-state index < -0.39 is 10.0 Å². The van der Waals surface area contributed by atoms with Gasteiger partial charge in [-0.1, -0.05) is 37.3 Å². The third kappa shape index (κ3) is 3.56. The Hall–Kier alpha value is -1.89. The predicted molar refractivity (Wildman–Crippen MR) is 98.3 cm³/mol.